The smallest absolute Gasteiger partial charge is 0.246 e. The van der Waals surface area contributed by atoms with Crippen molar-refractivity contribution in [2.24, 2.45) is 0 Å². The number of carbonyl (C=O) groups excluding carboxylic acids is 2. The van der Waals surface area contributed by atoms with Crippen molar-refractivity contribution in [3.63, 3.8) is 0 Å². The van der Waals surface area contributed by atoms with Gasteiger partial charge >= 0.3 is 0 Å². The zero-order chi connectivity index (χ0) is 15.7. The van der Waals surface area contributed by atoms with E-state index >= 15 is 0 Å². The molecule has 118 valence electrons. The molecular formula is C16H20N2O4. The third-order valence-corrected chi connectivity index (χ3v) is 4.40. The van der Waals surface area contributed by atoms with Gasteiger partial charge in [0.1, 0.15) is 5.54 Å². The van der Waals surface area contributed by atoms with E-state index in [9.17, 15) is 9.59 Å². The largest absolute Gasteiger partial charge is 0.454 e. The zero-order valence-corrected chi connectivity index (χ0v) is 12.8. The molecule has 1 saturated heterocycles. The van der Waals surface area contributed by atoms with Gasteiger partial charge in [0.05, 0.1) is 0 Å². The van der Waals surface area contributed by atoms with E-state index in [0.29, 0.717) is 31.7 Å². The van der Waals surface area contributed by atoms with Crippen molar-refractivity contribution in [2.75, 3.05) is 13.3 Å². The third-order valence-electron chi connectivity index (χ3n) is 4.40. The second-order valence-corrected chi connectivity index (χ2v) is 5.79. The van der Waals surface area contributed by atoms with Crippen molar-refractivity contribution < 1.29 is 19.1 Å². The first kappa shape index (κ1) is 14.7. The average Bonchev–Trinajstić information content (AvgIpc) is 2.98. The van der Waals surface area contributed by atoms with E-state index < -0.39 is 5.54 Å². The maximum atomic E-state index is 12.4. The molecular weight excluding hydrogens is 284 g/mol. The van der Waals surface area contributed by atoms with Gasteiger partial charge in [0.2, 0.25) is 18.6 Å². The fraction of sp³-hybridized carbons (Fsp3) is 0.500. The van der Waals surface area contributed by atoms with Crippen LogP contribution in [0.1, 0.15) is 32.3 Å². The Morgan fingerprint density at radius 2 is 2.09 bits per heavy atom. The molecule has 1 atom stereocenters. The minimum absolute atomic E-state index is 0.0204. The first-order chi connectivity index (χ1) is 10.5. The van der Waals surface area contributed by atoms with Gasteiger partial charge in [-0.1, -0.05) is 13.0 Å². The summed E-state index contributed by atoms with van der Waals surface area (Å²) in [6.07, 6.45) is 1.12. The van der Waals surface area contributed by atoms with E-state index in [1.165, 1.54) is 0 Å². The van der Waals surface area contributed by atoms with Crippen molar-refractivity contribution in [3.05, 3.63) is 23.8 Å². The summed E-state index contributed by atoms with van der Waals surface area (Å²) in [5, 5.41) is 2.91. The monoisotopic (exact) mass is 304 g/mol. The number of carbonyl (C=O) groups is 2. The van der Waals surface area contributed by atoms with Crippen molar-refractivity contribution in [2.45, 2.75) is 38.8 Å². The van der Waals surface area contributed by atoms with Crippen molar-refractivity contribution in [1.82, 2.24) is 10.2 Å². The highest BCUT2D eigenvalue weighted by atomic mass is 16.7. The topological polar surface area (TPSA) is 67.9 Å². The van der Waals surface area contributed by atoms with Crippen LogP contribution in [-0.4, -0.2) is 35.6 Å². The summed E-state index contributed by atoms with van der Waals surface area (Å²) < 4.78 is 10.6. The van der Waals surface area contributed by atoms with Crippen LogP contribution >= 0.6 is 0 Å². The van der Waals surface area contributed by atoms with Crippen LogP contribution in [0.3, 0.4) is 0 Å². The fourth-order valence-electron chi connectivity index (χ4n) is 2.81. The highest BCUT2D eigenvalue weighted by Gasteiger charge is 2.48. The lowest BCUT2D eigenvalue weighted by Crippen LogP contribution is -2.67. The maximum absolute atomic E-state index is 12.4. The molecule has 0 aromatic heterocycles. The first-order valence-electron chi connectivity index (χ1n) is 7.52. The van der Waals surface area contributed by atoms with Gasteiger partial charge in [0, 0.05) is 19.5 Å². The van der Waals surface area contributed by atoms with Crippen LogP contribution in [0.5, 0.6) is 11.5 Å². The Kier molecular flexibility index (Phi) is 3.68. The predicted molar refractivity (Wildman–Crippen MR) is 79.4 cm³/mol. The fourth-order valence-corrected chi connectivity index (χ4v) is 2.81. The van der Waals surface area contributed by atoms with Gasteiger partial charge in [-0.25, -0.2) is 0 Å². The number of ether oxygens (including phenoxy) is 2. The second kappa shape index (κ2) is 5.51. The summed E-state index contributed by atoms with van der Waals surface area (Å²) in [7, 11) is 0. The summed E-state index contributed by atoms with van der Waals surface area (Å²) in [4.78, 5) is 25.9. The van der Waals surface area contributed by atoms with Crippen LogP contribution in [0.15, 0.2) is 18.2 Å². The number of hydrogen-bond acceptors (Lipinski definition) is 4. The molecule has 2 aliphatic heterocycles. The predicted octanol–water partition coefficient (Wildman–Crippen LogP) is 1.43. The van der Waals surface area contributed by atoms with E-state index in [-0.39, 0.29) is 18.6 Å². The number of nitrogens with zero attached hydrogens (tertiary/aromatic N) is 1. The Morgan fingerprint density at radius 1 is 1.32 bits per heavy atom. The molecule has 1 aromatic carbocycles. The molecule has 1 unspecified atom stereocenters. The molecule has 6 nitrogen and oxygen atoms in total. The first-order valence-corrected chi connectivity index (χ1v) is 7.52. The summed E-state index contributed by atoms with van der Waals surface area (Å²) in [5.41, 5.74) is 0.220. The molecule has 3 rings (SSSR count). The van der Waals surface area contributed by atoms with Crippen LogP contribution in [0.2, 0.25) is 0 Å². The van der Waals surface area contributed by atoms with E-state index in [1.54, 1.807) is 4.90 Å². The maximum Gasteiger partial charge on any atom is 0.246 e. The van der Waals surface area contributed by atoms with Gasteiger partial charge in [-0.05, 0) is 31.0 Å². The van der Waals surface area contributed by atoms with Gasteiger partial charge in [0.15, 0.2) is 11.5 Å². The van der Waals surface area contributed by atoms with E-state index in [0.717, 1.165) is 11.3 Å². The lowest BCUT2D eigenvalue weighted by Gasteiger charge is -2.49. The molecule has 2 aliphatic rings. The molecule has 0 radical (unpaired) electrons. The average molecular weight is 304 g/mol. The SMILES string of the molecule is CCC(=O)N1CCC1(C)C(=O)NCc1ccc2c(c1)OCO2. The van der Waals surface area contributed by atoms with Gasteiger partial charge in [-0.3, -0.25) is 9.59 Å². The number of benzene rings is 1. The van der Waals surface area contributed by atoms with Gasteiger partial charge in [-0.2, -0.15) is 0 Å². The quantitative estimate of drug-likeness (QED) is 0.914. The molecule has 1 N–H and O–H groups in total. The summed E-state index contributed by atoms with van der Waals surface area (Å²) >= 11 is 0. The summed E-state index contributed by atoms with van der Waals surface area (Å²) in [5.74, 6) is 1.33. The van der Waals surface area contributed by atoms with Crippen molar-refractivity contribution in [1.29, 1.82) is 0 Å². The van der Waals surface area contributed by atoms with Crippen molar-refractivity contribution in [3.8, 4) is 11.5 Å². The van der Waals surface area contributed by atoms with Crippen molar-refractivity contribution >= 4 is 11.8 Å². The van der Waals surface area contributed by atoms with E-state index in [1.807, 2.05) is 32.0 Å². The number of hydrogen-bond donors (Lipinski definition) is 1. The molecule has 1 aromatic rings. The van der Waals surface area contributed by atoms with Crippen LogP contribution in [0, 0.1) is 0 Å². The minimum atomic E-state index is -0.719. The van der Waals surface area contributed by atoms with E-state index in [4.69, 9.17) is 9.47 Å². The normalized spacial score (nSPS) is 22.2. The third kappa shape index (κ3) is 2.38. The molecule has 0 bridgehead atoms. The lowest BCUT2D eigenvalue weighted by molar-refractivity contribution is -0.157. The Bertz CT molecular complexity index is 616. The molecule has 2 amide bonds. The molecule has 0 spiro atoms. The van der Waals surface area contributed by atoms with Gasteiger partial charge in [-0.15, -0.1) is 0 Å². The number of likely N-dealkylation sites (tertiary alicyclic amines) is 1. The molecule has 6 heteroatoms. The Hall–Kier alpha value is -2.24. The Morgan fingerprint density at radius 3 is 2.77 bits per heavy atom. The van der Waals surface area contributed by atoms with Crippen LogP contribution in [0.4, 0.5) is 0 Å². The van der Waals surface area contributed by atoms with Gasteiger partial charge in [0.25, 0.3) is 0 Å². The summed E-state index contributed by atoms with van der Waals surface area (Å²) in [6.45, 7) is 4.92. The standard InChI is InChI=1S/C16H20N2O4/c1-3-14(19)18-7-6-16(18,2)15(20)17-9-11-4-5-12-13(8-11)22-10-21-12/h4-5,8H,3,6-7,9-10H2,1-2H3,(H,17,20). The van der Waals surface area contributed by atoms with Crippen LogP contribution < -0.4 is 14.8 Å². The number of nitrogens with one attached hydrogen (secondary N) is 1. The number of fused-ring (bicyclic) bond motifs is 1. The van der Waals surface area contributed by atoms with Crippen LogP contribution in [0.25, 0.3) is 0 Å². The second-order valence-electron chi connectivity index (χ2n) is 5.79. The minimum Gasteiger partial charge on any atom is -0.454 e. The molecule has 0 saturated carbocycles. The van der Waals surface area contributed by atoms with Crippen LogP contribution in [-0.2, 0) is 16.1 Å². The Balaban J connectivity index is 1.62. The highest BCUT2D eigenvalue weighted by molar-refractivity contribution is 5.92. The zero-order valence-electron chi connectivity index (χ0n) is 12.8. The highest BCUT2D eigenvalue weighted by Crippen LogP contribution is 2.33. The Labute approximate surface area is 129 Å². The number of amides is 2. The molecule has 0 aliphatic carbocycles. The molecule has 1 fully saturated rings. The number of rotatable bonds is 4. The summed E-state index contributed by atoms with van der Waals surface area (Å²) in [6, 6.07) is 5.59. The van der Waals surface area contributed by atoms with E-state index in [2.05, 4.69) is 5.32 Å². The molecule has 22 heavy (non-hydrogen) atoms. The lowest BCUT2D eigenvalue weighted by atomic mass is 9.85. The van der Waals surface area contributed by atoms with Gasteiger partial charge < -0.3 is 19.7 Å². The molecule has 2 heterocycles.